The van der Waals surface area contributed by atoms with E-state index < -0.39 is 9.84 Å². The van der Waals surface area contributed by atoms with Crippen LogP contribution < -0.4 is 0 Å². The summed E-state index contributed by atoms with van der Waals surface area (Å²) < 4.78 is 29.7. The van der Waals surface area contributed by atoms with E-state index >= 15 is 0 Å². The van der Waals surface area contributed by atoms with Crippen LogP contribution in [0.5, 0.6) is 0 Å². The number of halogens is 1. The topological polar surface area (TPSA) is 43.4 Å². The van der Waals surface area contributed by atoms with E-state index in [-0.39, 0.29) is 18.5 Å². The van der Waals surface area contributed by atoms with Crippen molar-refractivity contribution in [1.29, 1.82) is 0 Å². The van der Waals surface area contributed by atoms with Crippen LogP contribution in [0, 0.1) is 0 Å². The Balaban J connectivity index is 2.64. The number of thiophene rings is 1. The number of fused-ring (bicyclic) bond motifs is 1. The van der Waals surface area contributed by atoms with Gasteiger partial charge in [0.15, 0.2) is 9.84 Å². The molecule has 1 unspecified atom stereocenters. The minimum absolute atomic E-state index is 0.0769. The molecule has 1 aliphatic rings. The van der Waals surface area contributed by atoms with Gasteiger partial charge in [0, 0.05) is 0 Å². The Kier molecular flexibility index (Phi) is 2.72. The smallest absolute Gasteiger partial charge is 0.181 e. The van der Waals surface area contributed by atoms with Crippen molar-refractivity contribution in [1.82, 2.24) is 0 Å². The summed E-state index contributed by atoms with van der Waals surface area (Å²) in [5.74, 6) is 0.0769. The number of sulfone groups is 1. The average Bonchev–Trinajstić information content (AvgIpc) is 2.43. The van der Waals surface area contributed by atoms with Crippen molar-refractivity contribution in [3.63, 3.8) is 0 Å². The molecule has 0 bridgehead atoms. The molecule has 0 aromatic carbocycles. The zero-order valence-corrected chi connectivity index (χ0v) is 10.7. The van der Waals surface area contributed by atoms with Gasteiger partial charge in [0.25, 0.3) is 0 Å². The first-order valence-electron chi connectivity index (χ1n) is 4.14. The summed E-state index contributed by atoms with van der Waals surface area (Å²) in [5, 5.41) is 0. The van der Waals surface area contributed by atoms with E-state index in [4.69, 9.17) is 4.74 Å². The first-order valence-corrected chi connectivity index (χ1v) is 7.40. The van der Waals surface area contributed by atoms with E-state index in [0.717, 1.165) is 8.66 Å². The molecule has 3 nitrogen and oxygen atoms in total. The van der Waals surface area contributed by atoms with E-state index in [9.17, 15) is 8.42 Å². The maximum Gasteiger partial charge on any atom is 0.181 e. The van der Waals surface area contributed by atoms with Crippen LogP contribution in [0.15, 0.2) is 14.7 Å². The number of rotatable bonds is 0. The van der Waals surface area contributed by atoms with Gasteiger partial charge in [-0.3, -0.25) is 0 Å². The third-order valence-electron chi connectivity index (χ3n) is 2.12. The number of hydrogen-bond donors (Lipinski definition) is 0. The summed E-state index contributed by atoms with van der Waals surface area (Å²) in [4.78, 5) is 1.23. The summed E-state index contributed by atoms with van der Waals surface area (Å²) in [7, 11) is -3.14. The highest BCUT2D eigenvalue weighted by Crippen LogP contribution is 2.38. The van der Waals surface area contributed by atoms with Crippen LogP contribution in [-0.4, -0.2) is 20.8 Å². The van der Waals surface area contributed by atoms with Crippen LogP contribution in [0.2, 0.25) is 0 Å². The monoisotopic (exact) mass is 296 g/mol. The molecular formula is C8H9BrO3S2. The lowest BCUT2D eigenvalue weighted by Crippen LogP contribution is -2.08. The van der Waals surface area contributed by atoms with E-state index in [1.807, 2.05) is 6.92 Å². The molecule has 78 valence electrons. The third kappa shape index (κ3) is 1.76. The highest BCUT2D eigenvalue weighted by molar-refractivity contribution is 9.11. The normalized spacial score (nSPS) is 25.4. The Labute approximate surface area is 95.1 Å². The fourth-order valence-corrected chi connectivity index (χ4v) is 4.98. The largest absolute Gasteiger partial charge is 0.372 e. The summed E-state index contributed by atoms with van der Waals surface area (Å²) in [6, 6.07) is 1.67. The molecule has 2 rings (SSSR count). The van der Waals surface area contributed by atoms with E-state index in [1.165, 1.54) is 11.3 Å². The second-order valence-corrected chi connectivity index (χ2v) is 7.65. The van der Waals surface area contributed by atoms with Gasteiger partial charge in [-0.1, -0.05) is 0 Å². The fraction of sp³-hybridized carbons (Fsp3) is 0.500. The van der Waals surface area contributed by atoms with Crippen LogP contribution in [0.3, 0.4) is 0 Å². The molecule has 0 aliphatic carbocycles. The number of hydrogen-bond acceptors (Lipinski definition) is 4. The molecule has 1 aromatic heterocycles. The summed E-state index contributed by atoms with van der Waals surface area (Å²) in [6.07, 6.45) is -0.126. The average molecular weight is 297 g/mol. The molecule has 1 aromatic rings. The molecule has 14 heavy (non-hydrogen) atoms. The van der Waals surface area contributed by atoms with Crippen molar-refractivity contribution in [2.75, 3.05) is 12.4 Å². The molecule has 2 heterocycles. The Bertz CT molecular complexity index is 449. The lowest BCUT2D eigenvalue weighted by molar-refractivity contribution is 0.0810. The van der Waals surface area contributed by atoms with Gasteiger partial charge >= 0.3 is 0 Å². The first kappa shape index (κ1) is 10.6. The fourth-order valence-electron chi connectivity index (χ4n) is 1.41. The van der Waals surface area contributed by atoms with Gasteiger partial charge in [0.1, 0.15) is 0 Å². The predicted molar refractivity (Wildman–Crippen MR) is 58.4 cm³/mol. The minimum Gasteiger partial charge on any atom is -0.372 e. The molecule has 0 radical (unpaired) electrons. The van der Waals surface area contributed by atoms with Crippen LogP contribution in [0.1, 0.15) is 17.9 Å². The Hall–Kier alpha value is 0.0900. The molecule has 0 spiro atoms. The van der Waals surface area contributed by atoms with Crippen molar-refractivity contribution < 1.29 is 13.2 Å². The van der Waals surface area contributed by atoms with Crippen molar-refractivity contribution in [3.05, 3.63) is 14.7 Å². The van der Waals surface area contributed by atoms with Gasteiger partial charge in [-0.2, -0.15) is 0 Å². The Morgan fingerprint density at radius 3 is 3.07 bits per heavy atom. The van der Waals surface area contributed by atoms with Gasteiger partial charge in [-0.15, -0.1) is 11.3 Å². The van der Waals surface area contributed by atoms with Crippen molar-refractivity contribution in [3.8, 4) is 0 Å². The molecule has 0 saturated heterocycles. The zero-order chi connectivity index (χ0) is 10.3. The summed E-state index contributed by atoms with van der Waals surface area (Å²) >= 11 is 4.72. The van der Waals surface area contributed by atoms with Crippen LogP contribution in [-0.2, 0) is 14.6 Å². The van der Waals surface area contributed by atoms with Crippen LogP contribution in [0.4, 0.5) is 0 Å². The van der Waals surface area contributed by atoms with Crippen molar-refractivity contribution in [2.24, 2.45) is 0 Å². The molecule has 0 amide bonds. The molecule has 6 heteroatoms. The first-order chi connectivity index (χ1) is 6.50. The maximum absolute atomic E-state index is 11.8. The second kappa shape index (κ2) is 3.59. The van der Waals surface area contributed by atoms with Gasteiger partial charge in [-0.05, 0) is 28.9 Å². The summed E-state index contributed by atoms with van der Waals surface area (Å²) in [5.41, 5.74) is 0. The van der Waals surface area contributed by atoms with Crippen molar-refractivity contribution >= 4 is 37.1 Å². The molecule has 1 atom stereocenters. The molecule has 0 N–H and O–H groups in total. The van der Waals surface area contributed by atoms with Crippen molar-refractivity contribution in [2.45, 2.75) is 17.9 Å². The van der Waals surface area contributed by atoms with Gasteiger partial charge in [0.2, 0.25) is 0 Å². The van der Waals surface area contributed by atoms with Crippen LogP contribution in [0.25, 0.3) is 0 Å². The van der Waals surface area contributed by atoms with E-state index in [0.29, 0.717) is 4.90 Å². The van der Waals surface area contributed by atoms with E-state index in [1.54, 1.807) is 6.07 Å². The third-order valence-corrected chi connectivity index (χ3v) is 5.76. The van der Waals surface area contributed by atoms with E-state index in [2.05, 4.69) is 15.9 Å². The minimum atomic E-state index is -3.14. The standard InChI is InChI=1S/C8H9BrO3S2/c1-5-8-6(4-7(9)13-8)14(10,11)3-2-12-5/h4-5H,2-3H2,1H3. The van der Waals surface area contributed by atoms with Gasteiger partial charge < -0.3 is 4.74 Å². The lowest BCUT2D eigenvalue weighted by atomic mass is 10.3. The Morgan fingerprint density at radius 1 is 1.64 bits per heavy atom. The van der Waals surface area contributed by atoms with Gasteiger partial charge in [-0.25, -0.2) is 8.42 Å². The maximum atomic E-state index is 11.8. The second-order valence-electron chi connectivity index (χ2n) is 3.11. The SMILES string of the molecule is CC1OCCS(=O)(=O)c2cc(Br)sc21. The lowest BCUT2D eigenvalue weighted by Gasteiger charge is -2.06. The van der Waals surface area contributed by atoms with Crippen LogP contribution >= 0.6 is 27.3 Å². The van der Waals surface area contributed by atoms with Gasteiger partial charge in [0.05, 0.1) is 32.0 Å². The predicted octanol–water partition coefficient (Wildman–Crippen LogP) is 2.38. The highest BCUT2D eigenvalue weighted by atomic mass is 79.9. The molecular weight excluding hydrogens is 288 g/mol. The highest BCUT2D eigenvalue weighted by Gasteiger charge is 2.28. The zero-order valence-electron chi connectivity index (χ0n) is 7.49. The quantitative estimate of drug-likeness (QED) is 0.738. The Morgan fingerprint density at radius 2 is 2.36 bits per heavy atom. The molecule has 1 aliphatic heterocycles. The summed E-state index contributed by atoms with van der Waals surface area (Å²) in [6.45, 7) is 2.16. The molecule has 0 fully saturated rings. The molecule has 0 saturated carbocycles. The number of ether oxygens (including phenoxy) is 1.